The molecule has 5 aromatic rings. The van der Waals surface area contributed by atoms with E-state index >= 15 is 0 Å². The molecule has 4 aromatic carbocycles. The van der Waals surface area contributed by atoms with Crippen molar-refractivity contribution in [1.29, 1.82) is 0 Å². The van der Waals surface area contributed by atoms with E-state index in [-0.39, 0.29) is 38.6 Å². The number of hydrogen-bond donors (Lipinski definition) is 7. The standard InChI is InChI=1S/C51H60FN7O8/c1-31(67-51(2,3)4)44(48(63)57-42(28-33-16-9-6-10-17-33)49(64)59-25-13-20-43(59)50(65)66)58-47(62)40(27-34-21-23-36(52)24-22-34)56-46(61)41(29-35-30-54-39-19-12-11-18-37(35)39)55-45(60)38(53)26-32-14-7-5-8-15-32/h5-12,14-19,21-24,30-31,38,40-44,54H,13,20,25-29,53H2,1-4H3,(H,55,60)(H,56,61)(H,57,63)(H,58,62)(H,65,66)/t31-,38+,40+,41-,42+,43+,44+/m1/s1. The summed E-state index contributed by atoms with van der Waals surface area (Å²) in [5.74, 6) is -5.22. The Hall–Kier alpha value is -6.91. The number of aromatic amines is 1. The molecule has 1 aliphatic heterocycles. The highest BCUT2D eigenvalue weighted by Crippen LogP contribution is 2.22. The minimum atomic E-state index is -1.46. The van der Waals surface area contributed by atoms with Crippen molar-refractivity contribution in [3.63, 3.8) is 0 Å². The normalized spacial score (nSPS) is 16.5. The average Bonchev–Trinajstić information content (AvgIpc) is 3.96. The molecule has 0 saturated carbocycles. The molecule has 2 heterocycles. The average molecular weight is 918 g/mol. The van der Waals surface area contributed by atoms with Crippen molar-refractivity contribution in [3.05, 3.63) is 143 Å². The van der Waals surface area contributed by atoms with E-state index in [2.05, 4.69) is 26.3 Å². The first-order chi connectivity index (χ1) is 31.9. The lowest BCUT2D eigenvalue weighted by Crippen LogP contribution is -2.62. The topological polar surface area (TPSA) is 225 Å². The quantitative estimate of drug-likeness (QED) is 0.0596. The number of amides is 5. The van der Waals surface area contributed by atoms with Crippen LogP contribution in [0.1, 0.15) is 62.8 Å². The van der Waals surface area contributed by atoms with Crippen molar-refractivity contribution in [3.8, 4) is 0 Å². The van der Waals surface area contributed by atoms with E-state index < -0.39 is 89.3 Å². The van der Waals surface area contributed by atoms with Gasteiger partial charge in [0.2, 0.25) is 29.5 Å². The first-order valence-electron chi connectivity index (χ1n) is 22.5. The molecule has 0 unspecified atom stereocenters. The molecular weight excluding hydrogens is 858 g/mol. The highest BCUT2D eigenvalue weighted by atomic mass is 19.1. The van der Waals surface area contributed by atoms with Crippen LogP contribution in [0.5, 0.6) is 0 Å². The molecule has 16 heteroatoms. The minimum absolute atomic E-state index is 0.00258. The number of ether oxygens (including phenoxy) is 1. The smallest absolute Gasteiger partial charge is 0.326 e. The van der Waals surface area contributed by atoms with Crippen LogP contribution < -0.4 is 27.0 Å². The van der Waals surface area contributed by atoms with Gasteiger partial charge in [0.15, 0.2) is 0 Å². The van der Waals surface area contributed by atoms with Gasteiger partial charge in [-0.25, -0.2) is 9.18 Å². The molecule has 1 fully saturated rings. The van der Waals surface area contributed by atoms with Gasteiger partial charge in [-0.05, 0) is 87.4 Å². The van der Waals surface area contributed by atoms with E-state index in [1.165, 1.54) is 29.2 Å². The number of hydrogen-bond acceptors (Lipinski definition) is 8. The molecule has 7 atom stereocenters. The van der Waals surface area contributed by atoms with Gasteiger partial charge >= 0.3 is 5.97 Å². The van der Waals surface area contributed by atoms with Crippen LogP contribution in [-0.4, -0.2) is 105 Å². The Kier molecular flexibility index (Phi) is 16.6. The van der Waals surface area contributed by atoms with Crippen molar-refractivity contribution in [1.82, 2.24) is 31.2 Å². The highest BCUT2D eigenvalue weighted by Gasteiger charge is 2.40. The van der Waals surface area contributed by atoms with E-state index in [0.717, 1.165) is 16.5 Å². The largest absolute Gasteiger partial charge is 0.480 e. The molecule has 0 spiro atoms. The number of nitrogens with two attached hydrogens (primary N) is 1. The SMILES string of the molecule is C[C@@H](OC(C)(C)C)[C@H](NC(=O)[C@H](Cc1ccc(F)cc1)NC(=O)[C@@H](Cc1c[nH]c2ccccc12)NC(=O)[C@@H](N)Cc1ccccc1)C(=O)N[C@@H](Cc1ccccc1)C(=O)N1CCC[C@H]1C(=O)O. The zero-order valence-electron chi connectivity index (χ0n) is 38.2. The minimum Gasteiger partial charge on any atom is -0.480 e. The monoisotopic (exact) mass is 917 g/mol. The summed E-state index contributed by atoms with van der Waals surface area (Å²) in [6.45, 7) is 7.09. The van der Waals surface area contributed by atoms with Crippen LogP contribution in [0.4, 0.5) is 4.39 Å². The van der Waals surface area contributed by atoms with Crippen molar-refractivity contribution < 1.29 is 43.0 Å². The second-order valence-corrected chi connectivity index (χ2v) is 18.0. The molecule has 8 N–H and O–H groups in total. The number of halogens is 1. The second-order valence-electron chi connectivity index (χ2n) is 18.0. The third-order valence-electron chi connectivity index (χ3n) is 11.7. The maximum absolute atomic E-state index is 14.7. The number of H-pyrrole nitrogens is 1. The van der Waals surface area contributed by atoms with Gasteiger partial charge in [0.1, 0.15) is 36.0 Å². The van der Waals surface area contributed by atoms with Gasteiger partial charge in [0.05, 0.1) is 17.7 Å². The number of benzene rings is 4. The Bertz CT molecular complexity index is 2500. The number of aromatic nitrogens is 1. The van der Waals surface area contributed by atoms with E-state index in [9.17, 15) is 38.3 Å². The second kappa shape index (κ2) is 22.5. The fraction of sp³-hybridized carbons (Fsp3) is 0.373. The van der Waals surface area contributed by atoms with Crippen LogP contribution in [-0.2, 0) is 59.2 Å². The number of rotatable bonds is 20. The van der Waals surface area contributed by atoms with Gasteiger partial charge in [-0.3, -0.25) is 24.0 Å². The number of aliphatic carboxylic acids is 1. The van der Waals surface area contributed by atoms with E-state index in [1.807, 2.05) is 54.6 Å². The Morgan fingerprint density at radius 1 is 0.716 bits per heavy atom. The maximum Gasteiger partial charge on any atom is 0.326 e. The molecule has 354 valence electrons. The molecule has 67 heavy (non-hydrogen) atoms. The lowest BCUT2D eigenvalue weighted by atomic mass is 10.00. The fourth-order valence-electron chi connectivity index (χ4n) is 8.38. The van der Waals surface area contributed by atoms with E-state index in [4.69, 9.17) is 10.5 Å². The molecule has 0 radical (unpaired) electrons. The molecule has 0 aliphatic carbocycles. The zero-order chi connectivity index (χ0) is 48.3. The lowest BCUT2D eigenvalue weighted by Gasteiger charge is -2.33. The summed E-state index contributed by atoms with van der Waals surface area (Å²) < 4.78 is 20.4. The molecule has 6 rings (SSSR count). The van der Waals surface area contributed by atoms with Gasteiger partial charge in [0, 0.05) is 42.9 Å². The molecule has 5 amide bonds. The molecule has 1 aromatic heterocycles. The maximum atomic E-state index is 14.7. The number of para-hydroxylation sites is 1. The van der Waals surface area contributed by atoms with E-state index in [1.54, 1.807) is 64.2 Å². The van der Waals surface area contributed by atoms with Crippen LogP contribution in [0, 0.1) is 5.82 Å². The zero-order valence-corrected chi connectivity index (χ0v) is 38.2. The predicted octanol–water partition coefficient (Wildman–Crippen LogP) is 4.12. The summed E-state index contributed by atoms with van der Waals surface area (Å²) in [6.07, 6.45) is 1.50. The Balaban J connectivity index is 1.30. The van der Waals surface area contributed by atoms with Crippen molar-refractivity contribution in [2.24, 2.45) is 5.73 Å². The summed E-state index contributed by atoms with van der Waals surface area (Å²) in [7, 11) is 0. The Morgan fingerprint density at radius 2 is 1.25 bits per heavy atom. The number of carbonyl (C=O) groups excluding carboxylic acids is 5. The highest BCUT2D eigenvalue weighted by molar-refractivity contribution is 5.97. The summed E-state index contributed by atoms with van der Waals surface area (Å²) in [4.78, 5) is 88.5. The van der Waals surface area contributed by atoms with Crippen LogP contribution >= 0.6 is 0 Å². The molecule has 1 aliphatic rings. The fourth-order valence-corrected chi connectivity index (χ4v) is 8.38. The number of carboxylic acid groups (broad SMARTS) is 1. The molecule has 15 nitrogen and oxygen atoms in total. The van der Waals surface area contributed by atoms with Gasteiger partial charge in [0.25, 0.3) is 0 Å². The number of nitrogens with zero attached hydrogens (tertiary/aromatic N) is 1. The van der Waals surface area contributed by atoms with Crippen molar-refractivity contribution in [2.45, 2.75) is 114 Å². The third-order valence-corrected chi connectivity index (χ3v) is 11.7. The first kappa shape index (κ1) is 49.5. The summed E-state index contributed by atoms with van der Waals surface area (Å²) in [5, 5.41) is 22.0. The summed E-state index contributed by atoms with van der Waals surface area (Å²) in [6, 6.07) is 23.5. The molecule has 1 saturated heterocycles. The summed E-state index contributed by atoms with van der Waals surface area (Å²) >= 11 is 0. The number of nitrogens with one attached hydrogen (secondary N) is 5. The number of carbonyl (C=O) groups is 6. The molecular formula is C51H60FN7O8. The lowest BCUT2D eigenvalue weighted by molar-refractivity contribution is -0.150. The number of carboxylic acids is 1. The van der Waals surface area contributed by atoms with Gasteiger partial charge in [-0.15, -0.1) is 0 Å². The van der Waals surface area contributed by atoms with Gasteiger partial charge in [-0.1, -0.05) is 91.0 Å². The van der Waals surface area contributed by atoms with Crippen molar-refractivity contribution in [2.75, 3.05) is 6.54 Å². The molecule has 0 bridgehead atoms. The van der Waals surface area contributed by atoms with Crippen LogP contribution in [0.25, 0.3) is 10.9 Å². The van der Waals surface area contributed by atoms with Crippen molar-refractivity contribution >= 4 is 46.4 Å². The third kappa shape index (κ3) is 13.8. The number of fused-ring (bicyclic) bond motifs is 1. The van der Waals surface area contributed by atoms with Crippen LogP contribution in [0.15, 0.2) is 115 Å². The van der Waals surface area contributed by atoms with Crippen LogP contribution in [0.3, 0.4) is 0 Å². The van der Waals surface area contributed by atoms with Crippen LogP contribution in [0.2, 0.25) is 0 Å². The van der Waals surface area contributed by atoms with Gasteiger partial charge < -0.3 is 46.7 Å². The first-order valence-corrected chi connectivity index (χ1v) is 22.5. The van der Waals surface area contributed by atoms with Gasteiger partial charge in [-0.2, -0.15) is 0 Å². The Labute approximate surface area is 389 Å². The van der Waals surface area contributed by atoms with E-state index in [0.29, 0.717) is 23.1 Å². The Morgan fingerprint density at radius 3 is 1.90 bits per heavy atom. The number of likely N-dealkylation sites (tertiary alicyclic amines) is 1. The predicted molar refractivity (Wildman–Crippen MR) is 251 cm³/mol. The summed E-state index contributed by atoms with van der Waals surface area (Å²) in [5.41, 5.74) is 9.07.